The number of nitrogens with zero attached hydrogens (tertiary/aromatic N) is 1. The van der Waals surface area contributed by atoms with Crippen molar-refractivity contribution in [3.05, 3.63) is 40.7 Å². The maximum Gasteiger partial charge on any atom is 0.194 e. The van der Waals surface area contributed by atoms with Crippen molar-refractivity contribution < 1.29 is 13.2 Å². The molecule has 0 aliphatic rings. The largest absolute Gasteiger partial charge is 0.323 e. The first-order chi connectivity index (χ1) is 7.99. The SMILES string of the molecule is CC(N)c1csc(-c2cc(F)c(F)c(F)c2)n1. The molecule has 2 nitrogen and oxygen atoms in total. The Hall–Kier alpha value is -1.40. The van der Waals surface area contributed by atoms with Gasteiger partial charge >= 0.3 is 0 Å². The number of aromatic nitrogens is 1. The zero-order chi connectivity index (χ0) is 12.6. The standard InChI is InChI=1S/C11H9F3N2S/c1-5(15)9-4-17-11(16-9)6-2-7(12)10(14)8(13)3-6/h2-5H,15H2,1H3. The molecule has 6 heteroatoms. The predicted octanol–water partition coefficient (Wildman–Crippen LogP) is 3.25. The second-order valence-corrected chi connectivity index (χ2v) is 4.48. The van der Waals surface area contributed by atoms with E-state index in [-0.39, 0.29) is 11.6 Å². The number of nitrogens with two attached hydrogens (primary N) is 1. The van der Waals surface area contributed by atoms with Crippen LogP contribution in [0.5, 0.6) is 0 Å². The zero-order valence-electron chi connectivity index (χ0n) is 8.88. The molecule has 1 unspecified atom stereocenters. The lowest BCUT2D eigenvalue weighted by Gasteiger charge is -2.00. The van der Waals surface area contributed by atoms with Crippen LogP contribution in [0, 0.1) is 17.5 Å². The lowest BCUT2D eigenvalue weighted by atomic mass is 10.2. The molecule has 0 bridgehead atoms. The molecular formula is C11H9F3N2S. The lowest BCUT2D eigenvalue weighted by Crippen LogP contribution is -2.04. The van der Waals surface area contributed by atoms with Crippen LogP contribution in [0.2, 0.25) is 0 Å². The van der Waals surface area contributed by atoms with Gasteiger partial charge in [-0.2, -0.15) is 0 Å². The van der Waals surface area contributed by atoms with E-state index in [2.05, 4.69) is 4.98 Å². The summed E-state index contributed by atoms with van der Waals surface area (Å²) in [6.45, 7) is 1.75. The molecule has 2 N–H and O–H groups in total. The third-order valence-corrected chi connectivity index (χ3v) is 3.13. The van der Waals surface area contributed by atoms with Crippen LogP contribution in [-0.4, -0.2) is 4.98 Å². The van der Waals surface area contributed by atoms with Crippen LogP contribution < -0.4 is 5.73 Å². The Kier molecular flexibility index (Phi) is 3.17. The fraction of sp³-hybridized carbons (Fsp3) is 0.182. The molecule has 0 radical (unpaired) electrons. The number of halogens is 3. The number of benzene rings is 1. The van der Waals surface area contributed by atoms with Gasteiger partial charge in [0.15, 0.2) is 17.5 Å². The van der Waals surface area contributed by atoms with Gasteiger partial charge in [-0.05, 0) is 19.1 Å². The van der Waals surface area contributed by atoms with Gasteiger partial charge in [-0.1, -0.05) is 0 Å². The first kappa shape index (κ1) is 12.1. The molecule has 17 heavy (non-hydrogen) atoms. The van der Waals surface area contributed by atoms with Crippen LogP contribution in [0.1, 0.15) is 18.7 Å². The summed E-state index contributed by atoms with van der Waals surface area (Å²) in [4.78, 5) is 4.13. The van der Waals surface area contributed by atoms with Crippen molar-refractivity contribution in [1.29, 1.82) is 0 Å². The summed E-state index contributed by atoms with van der Waals surface area (Å²) in [5, 5.41) is 2.12. The number of rotatable bonds is 2. The van der Waals surface area contributed by atoms with Gasteiger partial charge in [0, 0.05) is 17.0 Å². The van der Waals surface area contributed by atoms with Crippen molar-refractivity contribution in [2.45, 2.75) is 13.0 Å². The van der Waals surface area contributed by atoms with E-state index < -0.39 is 17.5 Å². The molecular weight excluding hydrogens is 249 g/mol. The average molecular weight is 258 g/mol. The molecule has 0 aliphatic heterocycles. The Morgan fingerprint density at radius 3 is 2.29 bits per heavy atom. The van der Waals surface area contributed by atoms with E-state index in [4.69, 9.17) is 5.73 Å². The maximum atomic E-state index is 13.0. The van der Waals surface area contributed by atoms with Crippen molar-refractivity contribution in [2.75, 3.05) is 0 Å². The summed E-state index contributed by atoms with van der Waals surface area (Å²) in [6.07, 6.45) is 0. The molecule has 1 aromatic heterocycles. The number of hydrogen-bond acceptors (Lipinski definition) is 3. The molecule has 2 rings (SSSR count). The molecule has 2 aromatic rings. The molecule has 0 aliphatic carbocycles. The third-order valence-electron chi connectivity index (χ3n) is 2.22. The summed E-state index contributed by atoms with van der Waals surface area (Å²) in [7, 11) is 0. The topological polar surface area (TPSA) is 38.9 Å². The summed E-state index contributed by atoms with van der Waals surface area (Å²) in [5.41, 5.74) is 6.47. The fourth-order valence-electron chi connectivity index (χ4n) is 1.31. The fourth-order valence-corrected chi connectivity index (χ4v) is 2.22. The Morgan fingerprint density at radius 1 is 1.24 bits per heavy atom. The van der Waals surface area contributed by atoms with E-state index in [1.165, 1.54) is 11.3 Å². The van der Waals surface area contributed by atoms with Crippen molar-refractivity contribution >= 4 is 11.3 Å². The van der Waals surface area contributed by atoms with Crippen LogP contribution in [-0.2, 0) is 0 Å². The van der Waals surface area contributed by atoms with Crippen molar-refractivity contribution in [3.8, 4) is 10.6 Å². The van der Waals surface area contributed by atoms with Gasteiger partial charge in [0.1, 0.15) is 5.01 Å². The summed E-state index contributed by atoms with van der Waals surface area (Å²) < 4.78 is 38.8. The highest BCUT2D eigenvalue weighted by atomic mass is 32.1. The molecule has 1 atom stereocenters. The second-order valence-electron chi connectivity index (χ2n) is 3.62. The van der Waals surface area contributed by atoms with Gasteiger partial charge < -0.3 is 5.73 Å². The minimum absolute atomic E-state index is 0.207. The molecule has 90 valence electrons. The van der Waals surface area contributed by atoms with Crippen LogP contribution in [0.3, 0.4) is 0 Å². The van der Waals surface area contributed by atoms with Crippen molar-refractivity contribution in [1.82, 2.24) is 4.98 Å². The molecule has 0 saturated carbocycles. The van der Waals surface area contributed by atoms with Gasteiger partial charge in [0.25, 0.3) is 0 Å². The minimum atomic E-state index is -1.47. The highest BCUT2D eigenvalue weighted by Crippen LogP contribution is 2.28. The molecule has 1 aromatic carbocycles. The van der Waals surface area contributed by atoms with Gasteiger partial charge in [-0.3, -0.25) is 0 Å². The smallest absolute Gasteiger partial charge is 0.194 e. The molecule has 0 spiro atoms. The lowest BCUT2D eigenvalue weighted by molar-refractivity contribution is 0.447. The maximum absolute atomic E-state index is 13.0. The van der Waals surface area contributed by atoms with E-state index in [1.807, 2.05) is 0 Å². The zero-order valence-corrected chi connectivity index (χ0v) is 9.69. The van der Waals surface area contributed by atoms with Crippen molar-refractivity contribution in [2.24, 2.45) is 5.73 Å². The van der Waals surface area contributed by atoms with Crippen molar-refractivity contribution in [3.63, 3.8) is 0 Å². The first-order valence-electron chi connectivity index (χ1n) is 4.85. The third kappa shape index (κ3) is 2.32. The van der Waals surface area contributed by atoms with Gasteiger partial charge in [-0.25, -0.2) is 18.2 Å². The van der Waals surface area contributed by atoms with E-state index >= 15 is 0 Å². The van der Waals surface area contributed by atoms with E-state index in [0.717, 1.165) is 12.1 Å². The average Bonchev–Trinajstić information content (AvgIpc) is 2.74. The molecule has 0 fully saturated rings. The van der Waals surface area contributed by atoms with Crippen LogP contribution in [0.15, 0.2) is 17.5 Å². The normalized spacial score (nSPS) is 12.8. The monoisotopic (exact) mass is 258 g/mol. The second kappa shape index (κ2) is 4.46. The van der Waals surface area contributed by atoms with E-state index in [1.54, 1.807) is 12.3 Å². The molecule has 0 saturated heterocycles. The van der Waals surface area contributed by atoms with Gasteiger partial charge in [0.2, 0.25) is 0 Å². The number of hydrogen-bond donors (Lipinski definition) is 1. The van der Waals surface area contributed by atoms with Crippen LogP contribution in [0.4, 0.5) is 13.2 Å². The summed E-state index contributed by atoms with van der Waals surface area (Å²) in [6, 6.07) is 1.58. The summed E-state index contributed by atoms with van der Waals surface area (Å²) in [5.74, 6) is -3.92. The highest BCUT2D eigenvalue weighted by molar-refractivity contribution is 7.13. The van der Waals surface area contributed by atoms with Crippen LogP contribution >= 0.6 is 11.3 Å². The molecule has 0 amide bonds. The highest BCUT2D eigenvalue weighted by Gasteiger charge is 2.14. The minimum Gasteiger partial charge on any atom is -0.323 e. The Morgan fingerprint density at radius 2 is 1.82 bits per heavy atom. The number of thiazole rings is 1. The van der Waals surface area contributed by atoms with Gasteiger partial charge in [-0.15, -0.1) is 11.3 Å². The first-order valence-corrected chi connectivity index (χ1v) is 5.73. The quantitative estimate of drug-likeness (QED) is 0.840. The predicted molar refractivity (Wildman–Crippen MR) is 60.0 cm³/mol. The molecule has 1 heterocycles. The van der Waals surface area contributed by atoms with E-state index in [0.29, 0.717) is 10.7 Å². The summed E-state index contributed by atoms with van der Waals surface area (Å²) >= 11 is 1.21. The Labute approximate surface area is 99.9 Å². The van der Waals surface area contributed by atoms with E-state index in [9.17, 15) is 13.2 Å². The van der Waals surface area contributed by atoms with Crippen LogP contribution in [0.25, 0.3) is 10.6 Å². The van der Waals surface area contributed by atoms with Gasteiger partial charge in [0.05, 0.1) is 5.69 Å². The Balaban J connectivity index is 2.46. The Bertz CT molecular complexity index is 528.